The van der Waals surface area contributed by atoms with Crippen LogP contribution in [0.5, 0.6) is 0 Å². The highest BCUT2D eigenvalue weighted by atomic mass is 14.9. The van der Waals surface area contributed by atoms with Crippen LogP contribution in [0.4, 0.5) is 0 Å². The number of hydrogen-bond acceptors (Lipinski definition) is 1. The van der Waals surface area contributed by atoms with Crippen molar-refractivity contribution in [3.05, 3.63) is 29.8 Å². The molecule has 1 nitrogen and oxygen atoms in total. The molecule has 9 heavy (non-hydrogen) atoms. The van der Waals surface area contributed by atoms with Crippen LogP contribution in [0, 0.1) is 6.42 Å². The van der Waals surface area contributed by atoms with Gasteiger partial charge in [0, 0.05) is 12.2 Å². The van der Waals surface area contributed by atoms with Crippen molar-refractivity contribution >= 4 is 0 Å². The maximum Gasteiger partial charge on any atom is 0.0329 e. The summed E-state index contributed by atoms with van der Waals surface area (Å²) >= 11 is 0. The Kier molecular flexibility index (Phi) is 1.08. The van der Waals surface area contributed by atoms with Crippen LogP contribution in [-0.4, -0.2) is 6.54 Å². The summed E-state index contributed by atoms with van der Waals surface area (Å²) in [4.78, 5) is 0. The van der Waals surface area contributed by atoms with Gasteiger partial charge in [-0.2, -0.15) is 0 Å². The summed E-state index contributed by atoms with van der Waals surface area (Å²) in [5.74, 6) is 0. The molecule has 2 aliphatic rings. The summed E-state index contributed by atoms with van der Waals surface area (Å²) in [6.07, 6.45) is 8.91. The summed E-state index contributed by atoms with van der Waals surface area (Å²) in [6.45, 7) is 1.14. The third-order valence-electron chi connectivity index (χ3n) is 1.89. The molecule has 0 aromatic rings. The molecule has 1 aliphatic carbocycles. The van der Waals surface area contributed by atoms with Gasteiger partial charge in [-0.05, 0) is 30.9 Å². The van der Waals surface area contributed by atoms with Crippen molar-refractivity contribution in [2.75, 3.05) is 6.54 Å². The topological polar surface area (TPSA) is 12.0 Å². The molecule has 1 N–H and O–H groups in total. The third kappa shape index (κ3) is 0.766. The molecule has 0 atom stereocenters. The standard InChI is InChI=1S/C8H10N/c1-2-4-8-7(3-1)5-6-9-8/h1-2,4,9H,3,5-6H2. The van der Waals surface area contributed by atoms with Crippen LogP contribution in [-0.2, 0) is 0 Å². The summed E-state index contributed by atoms with van der Waals surface area (Å²) in [7, 11) is 0. The molecular formula is C8H10N. The molecule has 47 valence electrons. The van der Waals surface area contributed by atoms with Crippen molar-refractivity contribution in [2.24, 2.45) is 0 Å². The number of rotatable bonds is 0. The second kappa shape index (κ2) is 1.90. The average molecular weight is 120 g/mol. The average Bonchev–Trinajstić information content (AvgIpc) is 2.33. The van der Waals surface area contributed by atoms with E-state index in [1.165, 1.54) is 18.5 Å². The lowest BCUT2D eigenvalue weighted by atomic mass is 10.0. The van der Waals surface area contributed by atoms with Crippen molar-refractivity contribution < 1.29 is 0 Å². The summed E-state index contributed by atoms with van der Waals surface area (Å²) in [5, 5.41) is 3.33. The monoisotopic (exact) mass is 120 g/mol. The fourth-order valence-electron chi connectivity index (χ4n) is 1.37. The molecule has 0 saturated heterocycles. The highest BCUT2D eigenvalue weighted by Gasteiger charge is 2.12. The summed E-state index contributed by atoms with van der Waals surface area (Å²) < 4.78 is 0. The fourth-order valence-corrected chi connectivity index (χ4v) is 1.37. The van der Waals surface area contributed by atoms with Gasteiger partial charge in [0.1, 0.15) is 0 Å². The van der Waals surface area contributed by atoms with E-state index in [0.29, 0.717) is 0 Å². The molecule has 1 radical (unpaired) electrons. The van der Waals surface area contributed by atoms with E-state index < -0.39 is 0 Å². The first kappa shape index (κ1) is 5.10. The van der Waals surface area contributed by atoms with E-state index in [4.69, 9.17) is 0 Å². The van der Waals surface area contributed by atoms with Crippen LogP contribution in [0.25, 0.3) is 0 Å². The first-order valence-corrected chi connectivity index (χ1v) is 3.42. The second-order valence-corrected chi connectivity index (χ2v) is 2.49. The Bertz CT molecular complexity index is 177. The van der Waals surface area contributed by atoms with Crippen LogP contribution < -0.4 is 5.32 Å². The quantitative estimate of drug-likeness (QED) is 0.509. The van der Waals surface area contributed by atoms with E-state index in [-0.39, 0.29) is 0 Å². The molecule has 0 amide bonds. The van der Waals surface area contributed by atoms with Crippen molar-refractivity contribution in [1.82, 2.24) is 5.32 Å². The third-order valence-corrected chi connectivity index (χ3v) is 1.89. The molecule has 0 bridgehead atoms. The fraction of sp³-hybridized carbons (Fsp3) is 0.375. The van der Waals surface area contributed by atoms with E-state index >= 15 is 0 Å². The highest BCUT2D eigenvalue weighted by molar-refractivity contribution is 5.34. The van der Waals surface area contributed by atoms with Gasteiger partial charge >= 0.3 is 0 Å². The first-order chi connectivity index (χ1) is 4.47. The van der Waals surface area contributed by atoms with Crippen LogP contribution in [0.2, 0.25) is 0 Å². The number of allylic oxidation sites excluding steroid dienone is 2. The predicted octanol–water partition coefficient (Wildman–Crippen LogP) is 1.40. The van der Waals surface area contributed by atoms with Crippen LogP contribution >= 0.6 is 0 Å². The van der Waals surface area contributed by atoms with E-state index in [0.717, 1.165) is 6.54 Å². The first-order valence-electron chi connectivity index (χ1n) is 3.42. The van der Waals surface area contributed by atoms with E-state index in [9.17, 15) is 0 Å². The minimum atomic E-state index is 1.14. The molecule has 0 fully saturated rings. The molecular weight excluding hydrogens is 110 g/mol. The Balaban J connectivity index is 2.28. The van der Waals surface area contributed by atoms with Crippen molar-refractivity contribution in [2.45, 2.75) is 12.8 Å². The van der Waals surface area contributed by atoms with Gasteiger partial charge in [0.25, 0.3) is 0 Å². The molecule has 1 aliphatic heterocycles. The molecule has 0 unspecified atom stereocenters. The van der Waals surface area contributed by atoms with E-state index in [1.54, 1.807) is 5.57 Å². The second-order valence-electron chi connectivity index (χ2n) is 2.49. The van der Waals surface area contributed by atoms with E-state index in [1.807, 2.05) is 0 Å². The minimum Gasteiger partial charge on any atom is -0.385 e. The lowest BCUT2D eigenvalue weighted by molar-refractivity contribution is 0.883. The van der Waals surface area contributed by atoms with Gasteiger partial charge in [-0.1, -0.05) is 6.08 Å². The number of nitrogens with one attached hydrogen (secondary N) is 1. The van der Waals surface area contributed by atoms with Crippen LogP contribution in [0.1, 0.15) is 12.8 Å². The van der Waals surface area contributed by atoms with Crippen molar-refractivity contribution in [3.8, 4) is 0 Å². The molecule has 0 saturated carbocycles. The zero-order chi connectivity index (χ0) is 6.10. The van der Waals surface area contributed by atoms with E-state index in [2.05, 4.69) is 23.9 Å². The van der Waals surface area contributed by atoms with Gasteiger partial charge < -0.3 is 5.32 Å². The van der Waals surface area contributed by atoms with Crippen LogP contribution in [0.15, 0.2) is 23.4 Å². The molecule has 0 aromatic carbocycles. The lowest BCUT2D eigenvalue weighted by Gasteiger charge is -2.05. The van der Waals surface area contributed by atoms with Gasteiger partial charge in [-0.25, -0.2) is 0 Å². The summed E-state index contributed by atoms with van der Waals surface area (Å²) in [6, 6.07) is 0. The van der Waals surface area contributed by atoms with Gasteiger partial charge in [0.2, 0.25) is 0 Å². The Morgan fingerprint density at radius 2 is 2.44 bits per heavy atom. The Morgan fingerprint density at radius 3 is 3.33 bits per heavy atom. The Labute approximate surface area is 55.5 Å². The highest BCUT2D eigenvalue weighted by Crippen LogP contribution is 2.22. The summed E-state index contributed by atoms with van der Waals surface area (Å²) in [5.41, 5.74) is 2.95. The lowest BCUT2D eigenvalue weighted by Crippen LogP contribution is -2.05. The molecule has 0 aromatic heterocycles. The normalized spacial score (nSPS) is 24.0. The maximum absolute atomic E-state index is 3.33. The maximum atomic E-state index is 3.33. The molecule has 1 heteroatoms. The van der Waals surface area contributed by atoms with Gasteiger partial charge in [0.05, 0.1) is 0 Å². The molecule has 0 spiro atoms. The zero-order valence-corrected chi connectivity index (χ0v) is 5.35. The predicted molar refractivity (Wildman–Crippen MR) is 37.7 cm³/mol. The molecule has 1 heterocycles. The van der Waals surface area contributed by atoms with Crippen molar-refractivity contribution in [1.29, 1.82) is 0 Å². The molecule has 2 rings (SSSR count). The Morgan fingerprint density at radius 1 is 1.44 bits per heavy atom. The SMILES string of the molecule is [CH]1C=CC2=C(C1)CCN2. The largest absolute Gasteiger partial charge is 0.385 e. The Hall–Kier alpha value is -0.720. The minimum absolute atomic E-state index is 1.14. The van der Waals surface area contributed by atoms with Gasteiger partial charge in [-0.15, -0.1) is 0 Å². The van der Waals surface area contributed by atoms with Gasteiger partial charge in [-0.3, -0.25) is 0 Å². The number of hydrogen-bond donors (Lipinski definition) is 1. The smallest absolute Gasteiger partial charge is 0.0329 e. The van der Waals surface area contributed by atoms with Crippen LogP contribution in [0.3, 0.4) is 0 Å². The van der Waals surface area contributed by atoms with Crippen molar-refractivity contribution in [3.63, 3.8) is 0 Å². The zero-order valence-electron chi connectivity index (χ0n) is 5.35. The van der Waals surface area contributed by atoms with Gasteiger partial charge in [0.15, 0.2) is 0 Å².